The van der Waals surface area contributed by atoms with Gasteiger partial charge in [0.25, 0.3) is 0 Å². The van der Waals surface area contributed by atoms with E-state index in [0.29, 0.717) is 24.9 Å². The molecule has 68 heavy (non-hydrogen) atoms. The molecule has 23 nitrogen and oxygen atoms in total. The average Bonchev–Trinajstić information content (AvgIpc) is 3.26. The van der Waals surface area contributed by atoms with Crippen molar-refractivity contribution >= 4 is 98.3 Å². The zero-order valence-corrected chi connectivity index (χ0v) is 40.9. The number of nitrogens with one attached hydrogen (secondary N) is 9. The van der Waals surface area contributed by atoms with Crippen molar-refractivity contribution in [3.63, 3.8) is 0 Å². The number of carboxylic acids is 1. The summed E-state index contributed by atoms with van der Waals surface area (Å²) >= 11 is 0.769. The molecule has 2 fully saturated rings. The maximum absolute atomic E-state index is 14.2. The number of unbranched alkanes of at least 4 members (excludes halogenated alkanes) is 1. The lowest BCUT2D eigenvalue weighted by Crippen LogP contribution is -2.59. The van der Waals surface area contributed by atoms with E-state index >= 15 is 0 Å². The molecular weight excluding hydrogens is 945 g/mol. The number of amides is 8. The van der Waals surface area contributed by atoms with Crippen LogP contribution in [0.25, 0.3) is 0 Å². The maximum atomic E-state index is 14.2. The number of hydrogen-bond acceptors (Lipinski definition) is 15. The van der Waals surface area contributed by atoms with Gasteiger partial charge in [0.15, 0.2) is 11.7 Å². The van der Waals surface area contributed by atoms with Gasteiger partial charge in [0.1, 0.15) is 41.6 Å². The number of aliphatic carboxylic acids is 1. The Morgan fingerprint density at radius 2 is 1.26 bits per heavy atom. The molecule has 14 N–H and O–H groups in total. The molecule has 7 atom stereocenters. The summed E-state index contributed by atoms with van der Waals surface area (Å²) < 4.78 is 0. The normalized spacial score (nSPS) is 24.5. The van der Waals surface area contributed by atoms with Gasteiger partial charge in [-0.05, 0) is 71.9 Å². The summed E-state index contributed by atoms with van der Waals surface area (Å²) in [5, 5.41) is 32.2. The van der Waals surface area contributed by atoms with E-state index in [9.17, 15) is 53.1 Å². The van der Waals surface area contributed by atoms with E-state index < -0.39 is 119 Å². The molecule has 3 rings (SSSR count). The molecular formula is C42H64N12O11S3. The lowest BCUT2D eigenvalue weighted by atomic mass is 10.0. The number of thioether (sulfide) groups is 1. The Kier molecular flexibility index (Phi) is 23.9. The Bertz CT molecular complexity index is 1990. The van der Waals surface area contributed by atoms with E-state index in [2.05, 4.69) is 52.8 Å². The monoisotopic (exact) mass is 1010 g/mol. The second-order valence-corrected chi connectivity index (χ2v) is 20.6. The average molecular weight is 1010 g/mol. The first-order chi connectivity index (χ1) is 32.1. The minimum absolute atomic E-state index is 0.0534. The number of nitrogens with zero attached hydrogens (tertiary/aromatic N) is 1. The highest BCUT2D eigenvalue weighted by Crippen LogP contribution is 2.24. The van der Waals surface area contributed by atoms with E-state index in [1.165, 1.54) is 6.92 Å². The Morgan fingerprint density at radius 1 is 0.706 bits per heavy atom. The first-order valence-electron chi connectivity index (χ1n) is 21.9. The number of nitrogens with two attached hydrogens (primary N) is 2. The quantitative estimate of drug-likeness (QED) is 0.0397. The Hall–Kier alpha value is -5.60. The highest BCUT2D eigenvalue weighted by atomic mass is 33.1. The van der Waals surface area contributed by atoms with Gasteiger partial charge < -0.3 is 64.4 Å². The van der Waals surface area contributed by atoms with Crippen molar-refractivity contribution < 1.29 is 53.1 Å². The van der Waals surface area contributed by atoms with Gasteiger partial charge in [0, 0.05) is 30.0 Å². The Morgan fingerprint density at radius 3 is 1.85 bits per heavy atom. The fourth-order valence-corrected chi connectivity index (χ4v) is 9.69. The standard InChI is InChI=1S/C42H64N12O11S3/c1-23(55)40-54-37(63)27(17-24-11-6-5-7-12-24)51-39(65)30-21-68-67-20-29(52-35(61)26(48-32(57)22-66-40)13-8-9-16-47-42(2,3)4)38(64)50-25(14-10-15-45-41(43)44)34(60)46-19-31(56)49-28(18-33(58)59)36(62)53-30/h5-7,11-12,25-30,40,47H,8-10,13-22H2,1-4H3,(H,46,60)(H,48,57)(H,49,56)(H,50,64)(H,51,65)(H,52,61)(H,53,62)(H,54,63)(H,58,59)(H4,43,44,45)/t25-,26-,27-,28-,29-,30-,40?/m0/s1. The van der Waals surface area contributed by atoms with E-state index in [-0.39, 0.29) is 55.2 Å². The summed E-state index contributed by atoms with van der Waals surface area (Å²) in [5.41, 5.74) is 11.3. The lowest BCUT2D eigenvalue weighted by molar-refractivity contribution is -0.141. The molecule has 1 aromatic carbocycles. The molecule has 0 radical (unpaired) electrons. The number of ketones is 1. The van der Waals surface area contributed by atoms with Crippen LogP contribution >= 0.6 is 33.3 Å². The summed E-state index contributed by atoms with van der Waals surface area (Å²) in [6, 6.07) is 0.0601. The van der Waals surface area contributed by atoms with Gasteiger partial charge in [-0.1, -0.05) is 51.9 Å². The van der Waals surface area contributed by atoms with Crippen LogP contribution in [0.15, 0.2) is 35.3 Å². The van der Waals surface area contributed by atoms with Gasteiger partial charge in [0.05, 0.1) is 18.7 Å². The van der Waals surface area contributed by atoms with E-state index in [1.807, 2.05) is 20.8 Å². The molecule has 2 aliphatic rings. The number of fused-ring (bicyclic) bond motifs is 5. The number of carbonyl (C=O) groups excluding carboxylic acids is 9. The lowest BCUT2D eigenvalue weighted by Gasteiger charge is -2.26. The van der Waals surface area contributed by atoms with Gasteiger partial charge in [-0.3, -0.25) is 52.9 Å². The van der Waals surface area contributed by atoms with E-state index in [1.54, 1.807) is 30.3 Å². The zero-order chi connectivity index (χ0) is 50.4. The maximum Gasteiger partial charge on any atom is 0.305 e. The molecule has 2 heterocycles. The van der Waals surface area contributed by atoms with Gasteiger partial charge in [-0.15, -0.1) is 11.8 Å². The van der Waals surface area contributed by atoms with Crippen LogP contribution in [0.4, 0.5) is 0 Å². The molecule has 376 valence electrons. The minimum atomic E-state index is -1.75. The second-order valence-electron chi connectivity index (χ2n) is 17.0. The number of rotatable bonds is 14. The molecule has 0 aromatic heterocycles. The van der Waals surface area contributed by atoms with Crippen LogP contribution in [-0.2, 0) is 54.4 Å². The summed E-state index contributed by atoms with van der Waals surface area (Å²) in [6.07, 6.45) is 0.298. The fourth-order valence-electron chi connectivity index (χ4n) is 6.53. The molecule has 1 aromatic rings. The molecule has 0 spiro atoms. The fraction of sp³-hybridized carbons (Fsp3) is 0.595. The van der Waals surface area contributed by atoms with Crippen LogP contribution in [0.5, 0.6) is 0 Å². The van der Waals surface area contributed by atoms with Crippen LogP contribution in [-0.4, -0.2) is 154 Å². The van der Waals surface area contributed by atoms with Crippen molar-refractivity contribution in [3.05, 3.63) is 35.9 Å². The van der Waals surface area contributed by atoms with Gasteiger partial charge in [-0.2, -0.15) is 0 Å². The highest BCUT2D eigenvalue weighted by molar-refractivity contribution is 8.76. The van der Waals surface area contributed by atoms with Crippen molar-refractivity contribution in [2.24, 2.45) is 16.5 Å². The SMILES string of the molecule is CC(=O)C1NC(=O)[C@H](Cc2ccccc2)NC(=O)[C@@H]2CSSC[C@H](NC(=O)[C@H](CCCCNC(C)(C)C)NC(=O)CS1)C(=O)N[C@@H](CCCN=C(N)N)C(=O)NCC(=O)N[C@@H](CC(=O)O)C(=O)N2. The number of hydrogen-bond donors (Lipinski definition) is 12. The predicted molar refractivity (Wildman–Crippen MR) is 258 cm³/mol. The summed E-state index contributed by atoms with van der Waals surface area (Å²) in [6.45, 7) is 7.08. The summed E-state index contributed by atoms with van der Waals surface area (Å²) in [4.78, 5) is 139. The Labute approximate surface area is 406 Å². The van der Waals surface area contributed by atoms with Crippen LogP contribution in [0.2, 0.25) is 0 Å². The van der Waals surface area contributed by atoms with Crippen molar-refractivity contribution in [1.82, 2.24) is 47.9 Å². The predicted octanol–water partition coefficient (Wildman–Crippen LogP) is -2.49. The largest absolute Gasteiger partial charge is 0.481 e. The number of Topliss-reactive ketones (excluding diaryl/α,β-unsaturated/α-hetero) is 1. The molecule has 1 unspecified atom stereocenters. The molecule has 0 aliphatic carbocycles. The van der Waals surface area contributed by atoms with E-state index in [0.717, 1.165) is 33.3 Å². The smallest absolute Gasteiger partial charge is 0.305 e. The van der Waals surface area contributed by atoms with Crippen LogP contribution in [0.1, 0.15) is 71.8 Å². The van der Waals surface area contributed by atoms with Crippen LogP contribution < -0.4 is 59.3 Å². The number of guanidine groups is 1. The van der Waals surface area contributed by atoms with Crippen molar-refractivity contribution in [2.75, 3.05) is 36.9 Å². The molecule has 2 bridgehead atoms. The number of aliphatic imine (C=N–C) groups is 1. The van der Waals surface area contributed by atoms with Gasteiger partial charge in [-0.25, -0.2) is 0 Å². The van der Waals surface area contributed by atoms with Crippen molar-refractivity contribution in [2.45, 2.75) is 120 Å². The highest BCUT2D eigenvalue weighted by Gasteiger charge is 2.35. The first kappa shape index (κ1) is 56.7. The van der Waals surface area contributed by atoms with Crippen LogP contribution in [0.3, 0.4) is 0 Å². The van der Waals surface area contributed by atoms with Crippen LogP contribution in [0, 0.1) is 0 Å². The zero-order valence-electron chi connectivity index (χ0n) is 38.5. The third-order valence-corrected chi connectivity index (χ3v) is 13.7. The number of carbonyl (C=O) groups is 10. The molecule has 26 heteroatoms. The first-order valence-corrected chi connectivity index (χ1v) is 25.5. The third kappa shape index (κ3) is 21.6. The van der Waals surface area contributed by atoms with Crippen molar-refractivity contribution in [3.8, 4) is 0 Å². The number of benzene rings is 1. The molecule has 8 amide bonds. The number of carboxylic acid groups (broad SMARTS) is 1. The minimum Gasteiger partial charge on any atom is -0.481 e. The molecule has 0 saturated carbocycles. The molecule has 2 saturated heterocycles. The second kappa shape index (κ2) is 28.7. The molecule has 2 aliphatic heterocycles. The van der Waals surface area contributed by atoms with Crippen molar-refractivity contribution in [1.29, 1.82) is 0 Å². The van der Waals surface area contributed by atoms with E-state index in [4.69, 9.17) is 11.5 Å². The summed E-state index contributed by atoms with van der Waals surface area (Å²) in [7, 11) is 1.96. The third-order valence-electron chi connectivity index (χ3n) is 10.0. The Balaban J connectivity index is 2.14. The van der Waals surface area contributed by atoms with Gasteiger partial charge in [0.2, 0.25) is 47.3 Å². The topological polar surface area (TPSA) is 364 Å². The van der Waals surface area contributed by atoms with Gasteiger partial charge >= 0.3 is 5.97 Å². The summed E-state index contributed by atoms with van der Waals surface area (Å²) in [5.74, 6) is -9.99.